The number of hydrogen-bond acceptors (Lipinski definition) is 4. The third-order valence-electron chi connectivity index (χ3n) is 2.12. The highest BCUT2D eigenvalue weighted by Crippen LogP contribution is 1.98. The summed E-state index contributed by atoms with van der Waals surface area (Å²) >= 11 is 0. The topological polar surface area (TPSA) is 47.9 Å². The molecule has 98 valence electrons. The monoisotopic (exact) mass is 234 g/mol. The summed E-state index contributed by atoms with van der Waals surface area (Å²) in [6.45, 7) is 5.88. The quantitative estimate of drug-likeness (QED) is 0.492. The molecule has 0 aliphatic carbocycles. The van der Waals surface area contributed by atoms with Crippen LogP contribution in [-0.2, 0) is 14.2 Å². The minimum Gasteiger partial charge on any atom is -0.394 e. The van der Waals surface area contributed by atoms with E-state index in [2.05, 4.69) is 6.92 Å². The molecular formula is C12H26O4. The van der Waals surface area contributed by atoms with E-state index in [1.54, 1.807) is 0 Å². The van der Waals surface area contributed by atoms with E-state index < -0.39 is 0 Å². The second kappa shape index (κ2) is 14.8. The molecule has 16 heavy (non-hydrogen) atoms. The zero-order chi connectivity index (χ0) is 11.9. The highest BCUT2D eigenvalue weighted by molar-refractivity contribution is 4.39. The molecule has 0 amide bonds. The molecule has 0 spiro atoms. The Morgan fingerprint density at radius 1 is 0.688 bits per heavy atom. The van der Waals surface area contributed by atoms with E-state index in [1.165, 1.54) is 19.3 Å². The Morgan fingerprint density at radius 3 is 1.81 bits per heavy atom. The highest BCUT2D eigenvalue weighted by atomic mass is 16.5. The Labute approximate surface area is 98.9 Å². The molecule has 4 heteroatoms. The first-order valence-corrected chi connectivity index (χ1v) is 6.26. The van der Waals surface area contributed by atoms with Gasteiger partial charge in [-0.15, -0.1) is 0 Å². The van der Waals surface area contributed by atoms with Crippen molar-refractivity contribution in [2.24, 2.45) is 0 Å². The van der Waals surface area contributed by atoms with Crippen LogP contribution < -0.4 is 0 Å². The zero-order valence-electron chi connectivity index (χ0n) is 10.5. The number of rotatable bonds is 13. The lowest BCUT2D eigenvalue weighted by atomic mass is 10.2. The van der Waals surface area contributed by atoms with Gasteiger partial charge >= 0.3 is 0 Å². The van der Waals surface area contributed by atoms with Crippen LogP contribution in [0.1, 0.15) is 32.6 Å². The van der Waals surface area contributed by atoms with Gasteiger partial charge in [0.1, 0.15) is 0 Å². The third kappa shape index (κ3) is 13.8. The molecule has 0 fully saturated rings. The smallest absolute Gasteiger partial charge is 0.0701 e. The molecule has 0 aromatic heterocycles. The molecule has 0 aliphatic heterocycles. The highest BCUT2D eigenvalue weighted by Gasteiger charge is 1.91. The fourth-order valence-electron chi connectivity index (χ4n) is 1.24. The molecule has 1 N–H and O–H groups in total. The molecular weight excluding hydrogens is 208 g/mol. The maximum absolute atomic E-state index is 8.44. The van der Waals surface area contributed by atoms with Crippen molar-refractivity contribution >= 4 is 0 Å². The van der Waals surface area contributed by atoms with Gasteiger partial charge in [0.15, 0.2) is 0 Å². The van der Waals surface area contributed by atoms with Crippen LogP contribution in [0, 0.1) is 0 Å². The Morgan fingerprint density at radius 2 is 1.25 bits per heavy atom. The van der Waals surface area contributed by atoms with Crippen LogP contribution in [0.15, 0.2) is 0 Å². The second-order valence-corrected chi connectivity index (χ2v) is 3.62. The number of aliphatic hydroxyl groups excluding tert-OH is 1. The van der Waals surface area contributed by atoms with Crippen LogP contribution in [0.2, 0.25) is 0 Å². The van der Waals surface area contributed by atoms with Crippen molar-refractivity contribution in [3.63, 3.8) is 0 Å². The van der Waals surface area contributed by atoms with E-state index in [9.17, 15) is 0 Å². The zero-order valence-corrected chi connectivity index (χ0v) is 10.5. The standard InChI is InChI=1S/C12H26O4/c1-2-3-4-5-7-14-9-11-16-12-10-15-8-6-13/h13H,2-12H2,1H3. The summed E-state index contributed by atoms with van der Waals surface area (Å²) in [5.74, 6) is 0. The van der Waals surface area contributed by atoms with E-state index >= 15 is 0 Å². The average Bonchev–Trinajstić information content (AvgIpc) is 2.31. The maximum atomic E-state index is 8.44. The summed E-state index contributed by atoms with van der Waals surface area (Å²) in [7, 11) is 0. The van der Waals surface area contributed by atoms with Crippen LogP contribution in [0.25, 0.3) is 0 Å². The molecule has 0 aromatic rings. The fourth-order valence-corrected chi connectivity index (χ4v) is 1.24. The van der Waals surface area contributed by atoms with Gasteiger partial charge in [0, 0.05) is 6.61 Å². The van der Waals surface area contributed by atoms with E-state index in [0.717, 1.165) is 13.0 Å². The van der Waals surface area contributed by atoms with Crippen molar-refractivity contribution in [3.8, 4) is 0 Å². The van der Waals surface area contributed by atoms with Crippen molar-refractivity contribution in [2.75, 3.05) is 46.2 Å². The molecule has 0 radical (unpaired) electrons. The van der Waals surface area contributed by atoms with Gasteiger partial charge in [-0.05, 0) is 6.42 Å². The Kier molecular flexibility index (Phi) is 14.7. The van der Waals surface area contributed by atoms with Gasteiger partial charge in [-0.2, -0.15) is 0 Å². The molecule has 0 saturated heterocycles. The fraction of sp³-hybridized carbons (Fsp3) is 1.00. The largest absolute Gasteiger partial charge is 0.394 e. The summed E-state index contributed by atoms with van der Waals surface area (Å²) in [5, 5.41) is 8.44. The number of unbranched alkanes of at least 4 members (excludes halogenated alkanes) is 3. The molecule has 0 rings (SSSR count). The first kappa shape index (κ1) is 15.8. The van der Waals surface area contributed by atoms with Crippen molar-refractivity contribution in [1.82, 2.24) is 0 Å². The van der Waals surface area contributed by atoms with Gasteiger partial charge < -0.3 is 19.3 Å². The van der Waals surface area contributed by atoms with Gasteiger partial charge in [-0.1, -0.05) is 26.2 Å². The van der Waals surface area contributed by atoms with Crippen molar-refractivity contribution in [1.29, 1.82) is 0 Å². The van der Waals surface area contributed by atoms with Crippen molar-refractivity contribution in [3.05, 3.63) is 0 Å². The van der Waals surface area contributed by atoms with Crippen LogP contribution in [-0.4, -0.2) is 51.4 Å². The lowest BCUT2D eigenvalue weighted by Crippen LogP contribution is -2.11. The SMILES string of the molecule is CCCCCCOCCOCCOCCO. The summed E-state index contributed by atoms with van der Waals surface area (Å²) in [5.41, 5.74) is 0. The van der Waals surface area contributed by atoms with Gasteiger partial charge in [-0.25, -0.2) is 0 Å². The van der Waals surface area contributed by atoms with Gasteiger partial charge in [0.2, 0.25) is 0 Å². The molecule has 4 nitrogen and oxygen atoms in total. The van der Waals surface area contributed by atoms with Crippen molar-refractivity contribution < 1.29 is 19.3 Å². The second-order valence-electron chi connectivity index (χ2n) is 3.62. The molecule has 0 saturated carbocycles. The number of hydrogen-bond donors (Lipinski definition) is 1. The minimum atomic E-state index is 0.0703. The Balaban J connectivity index is 2.83. The van der Waals surface area contributed by atoms with E-state index in [0.29, 0.717) is 33.0 Å². The molecule has 0 unspecified atom stereocenters. The summed E-state index contributed by atoms with van der Waals surface area (Å²) in [4.78, 5) is 0. The summed E-state index contributed by atoms with van der Waals surface area (Å²) in [6.07, 6.45) is 4.96. The van der Waals surface area contributed by atoms with Crippen LogP contribution in [0.5, 0.6) is 0 Å². The molecule has 0 aliphatic rings. The summed E-state index contributed by atoms with van der Waals surface area (Å²) < 4.78 is 15.7. The van der Waals surface area contributed by atoms with E-state index in [-0.39, 0.29) is 6.61 Å². The Bertz CT molecular complexity index is 106. The lowest BCUT2D eigenvalue weighted by molar-refractivity contribution is 0.00720. The van der Waals surface area contributed by atoms with Crippen LogP contribution >= 0.6 is 0 Å². The van der Waals surface area contributed by atoms with Crippen LogP contribution in [0.4, 0.5) is 0 Å². The third-order valence-corrected chi connectivity index (χ3v) is 2.12. The predicted octanol–water partition coefficient (Wildman–Crippen LogP) is 1.61. The lowest BCUT2D eigenvalue weighted by Gasteiger charge is -2.06. The maximum Gasteiger partial charge on any atom is 0.0701 e. The summed E-state index contributed by atoms with van der Waals surface area (Å²) in [6, 6.07) is 0. The molecule has 0 heterocycles. The van der Waals surface area contributed by atoms with Crippen molar-refractivity contribution in [2.45, 2.75) is 32.6 Å². The first-order chi connectivity index (χ1) is 7.91. The van der Waals surface area contributed by atoms with E-state index in [4.69, 9.17) is 19.3 Å². The average molecular weight is 234 g/mol. The minimum absolute atomic E-state index is 0.0703. The Hall–Kier alpha value is -0.160. The van der Waals surface area contributed by atoms with Gasteiger partial charge in [-0.3, -0.25) is 0 Å². The first-order valence-electron chi connectivity index (χ1n) is 6.26. The molecule has 0 aromatic carbocycles. The number of aliphatic hydroxyl groups is 1. The predicted molar refractivity (Wildman–Crippen MR) is 63.7 cm³/mol. The van der Waals surface area contributed by atoms with E-state index in [1.807, 2.05) is 0 Å². The van der Waals surface area contributed by atoms with Gasteiger partial charge in [0.05, 0.1) is 39.6 Å². The molecule has 0 atom stereocenters. The normalized spacial score (nSPS) is 10.9. The van der Waals surface area contributed by atoms with Crippen LogP contribution in [0.3, 0.4) is 0 Å². The van der Waals surface area contributed by atoms with Gasteiger partial charge in [0.25, 0.3) is 0 Å². The molecule has 0 bridgehead atoms. The number of ether oxygens (including phenoxy) is 3.